The maximum Gasteiger partial charge on any atom is 2.00 e. The zero-order valence-corrected chi connectivity index (χ0v) is 57.1. The zero-order valence-electron chi connectivity index (χ0n) is 46.1. The van der Waals surface area contributed by atoms with Crippen LogP contribution in [0.3, 0.4) is 0 Å². The van der Waals surface area contributed by atoms with Gasteiger partial charge in [0, 0.05) is 39.0 Å². The first kappa shape index (κ1) is 76.0. The number of quaternary nitrogens is 1. The van der Waals surface area contributed by atoms with Crippen LogP contribution in [0.2, 0.25) is 0 Å². The van der Waals surface area contributed by atoms with Crippen molar-refractivity contribution in [2.75, 3.05) is 115 Å². The standard InChI is InChI=1S/C22H38N6O8.C17H21FN3O3P.C5H11N.C4H7NO.C2H6.Eu.2Pb/c1-4-27(12-18(30)25-10-8-6-5-7-9-23-16-29)17-28(3)14-21(33)36-22(28)34-19(31)11-24-15-26(2)13-20(32)35-22;18-14-5-1-12(2-6-14)10-21-17(25(22)23)13-3-7-16(8-4-13)24-11-15(20)9-19;1-6-4-2-3-5-6;1-5(2)3-4-6;1-2;;;/h16,24H,4-15,17H2,1-3H3,(H-,23,25,29,30);1-9,17,21-23H,10-11,19-20H2;2-5H2,1H3;4H,1-3H2;1-2H3;;;/q;;;;;+2;;/p+1/b;15-9-;;;;;;. The van der Waals surface area contributed by atoms with Crippen LogP contribution in [0.4, 0.5) is 4.39 Å². The molecule has 2 aromatic rings. The van der Waals surface area contributed by atoms with Gasteiger partial charge in [-0.05, 0) is 88.3 Å². The number of benzene rings is 2. The van der Waals surface area contributed by atoms with E-state index in [1.54, 1.807) is 60.3 Å². The van der Waals surface area contributed by atoms with E-state index >= 15 is 0 Å². The fraction of sp³-hybridized carbons (Fsp3) is 0.600. The van der Waals surface area contributed by atoms with E-state index in [2.05, 4.69) is 38.1 Å². The molecule has 2 amide bonds. The molecule has 0 saturated carbocycles. The van der Waals surface area contributed by atoms with Crippen LogP contribution in [0.5, 0.6) is 5.75 Å². The number of carbonyl (C=O) groups is 6. The van der Waals surface area contributed by atoms with E-state index in [0.29, 0.717) is 56.1 Å². The van der Waals surface area contributed by atoms with Crippen LogP contribution in [0.15, 0.2) is 60.4 Å². The Kier molecular flexibility index (Phi) is 43.5. The summed E-state index contributed by atoms with van der Waals surface area (Å²) in [7, 11) is 3.18. The fourth-order valence-corrected chi connectivity index (χ4v) is 13.2. The Morgan fingerprint density at radius 3 is 2.06 bits per heavy atom. The number of nitrogens with one attached hydrogen (secondary N) is 4. The van der Waals surface area contributed by atoms with Gasteiger partial charge in [-0.3, -0.25) is 34.7 Å². The predicted octanol–water partition coefficient (Wildman–Crippen LogP) is 0.408. The van der Waals surface area contributed by atoms with Gasteiger partial charge in [0.1, 0.15) is 30.6 Å². The van der Waals surface area contributed by atoms with Gasteiger partial charge >= 0.3 is 156 Å². The minimum atomic E-state index is -2.28. The van der Waals surface area contributed by atoms with Crippen LogP contribution in [0.1, 0.15) is 76.2 Å². The van der Waals surface area contributed by atoms with Crippen molar-refractivity contribution in [1.29, 1.82) is 0 Å². The molecule has 3 heterocycles. The summed E-state index contributed by atoms with van der Waals surface area (Å²) in [6.45, 7) is 11.1. The Balaban J connectivity index is 0.00000121. The second kappa shape index (κ2) is 44.6. The first-order chi connectivity index (χ1) is 36.9. The van der Waals surface area contributed by atoms with Crippen molar-refractivity contribution in [1.82, 2.24) is 40.9 Å². The van der Waals surface area contributed by atoms with Crippen LogP contribution in [0, 0.1) is 55.2 Å². The molecule has 0 aliphatic carbocycles. The molecule has 1 spiro atoms. The number of hydrogen-bond donors (Lipinski definition) is 8. The quantitative estimate of drug-likeness (QED) is 0.0167. The third-order valence-corrected chi connectivity index (χ3v) is 15.9. The molecule has 0 aromatic heterocycles. The average Bonchev–Trinajstić information content (AvgIpc) is 4.00. The molecule has 3 unspecified atom stereocenters. The summed E-state index contributed by atoms with van der Waals surface area (Å²) >= 11 is 2.37. The van der Waals surface area contributed by atoms with E-state index in [1.165, 1.54) is 95.8 Å². The number of aldehydes is 1. The second-order valence-corrected chi connectivity index (χ2v) is 21.5. The number of likely N-dealkylation sites (N-methyl/N-ethyl adjacent to an activating group) is 3. The summed E-state index contributed by atoms with van der Waals surface area (Å²) < 4.78 is 36.6. The summed E-state index contributed by atoms with van der Waals surface area (Å²) in [5.74, 6) is -2.73. The van der Waals surface area contributed by atoms with E-state index in [1.807, 2.05) is 20.8 Å². The van der Waals surface area contributed by atoms with Gasteiger partial charge in [-0.2, -0.15) is 4.48 Å². The number of amides is 2. The molecule has 2 aromatic carbocycles. The molecule has 3 fully saturated rings. The number of esters is 3. The van der Waals surface area contributed by atoms with Gasteiger partial charge in [-0.1, -0.05) is 57.9 Å². The van der Waals surface area contributed by atoms with Crippen molar-refractivity contribution in [3.05, 3.63) is 77.4 Å². The number of unbranched alkanes of at least 4 members (excludes halogenated alkanes) is 3. The molecule has 7 radical (unpaired) electrons. The molecule has 3 atom stereocenters. The van der Waals surface area contributed by atoms with Gasteiger partial charge in [0.05, 0.1) is 32.4 Å². The summed E-state index contributed by atoms with van der Waals surface area (Å²) in [4.78, 5) is 97.4. The Labute approximate surface area is 534 Å². The molecule has 3 aliphatic heterocycles. The first-order valence-corrected chi connectivity index (χ1v) is 32.4. The molecular weight excluding hydrogens is 1560 g/mol. The number of likely N-dealkylation sites (tertiary alicyclic amines) is 1. The number of hydrogen-bond acceptors (Lipinski definition) is 20. The maximum absolute atomic E-state index is 12.9. The van der Waals surface area contributed by atoms with Crippen molar-refractivity contribution in [2.45, 2.75) is 77.7 Å². The molecule has 3 aliphatic rings. The van der Waals surface area contributed by atoms with Crippen molar-refractivity contribution in [3.8, 4) is 5.75 Å². The van der Waals surface area contributed by atoms with E-state index in [9.17, 15) is 42.9 Å². The predicted molar refractivity (Wildman–Crippen MR) is 293 cm³/mol. The van der Waals surface area contributed by atoms with Gasteiger partial charge < -0.3 is 55.7 Å². The third kappa shape index (κ3) is 31.5. The molecule has 0 bridgehead atoms. The summed E-state index contributed by atoms with van der Waals surface area (Å²) in [6, 6.07) is 12.9. The number of nitrogens with two attached hydrogens (primary N) is 2. The topological polar surface area (TPSA) is 293 Å². The normalized spacial score (nSPS) is 18.9. The van der Waals surface area contributed by atoms with Crippen LogP contribution < -0.4 is 37.5 Å². The third-order valence-electron chi connectivity index (χ3n) is 11.5. The van der Waals surface area contributed by atoms with Gasteiger partial charge in [0.2, 0.25) is 12.3 Å². The Morgan fingerprint density at radius 1 is 0.936 bits per heavy atom. The average molecular weight is 1650 g/mol. The number of rotatable bonds is 25. The van der Waals surface area contributed by atoms with Crippen molar-refractivity contribution in [2.24, 2.45) is 11.5 Å². The van der Waals surface area contributed by atoms with Gasteiger partial charge in [-0.15, -0.1) is 0 Å². The molecule has 78 heavy (non-hydrogen) atoms. The monoisotopic (exact) mass is 1650 g/mol. The Hall–Kier alpha value is -1.97. The largest absolute Gasteiger partial charge is 2.00 e. The van der Waals surface area contributed by atoms with E-state index in [0.717, 1.165) is 45.7 Å². The number of nitrogens with zero attached hydrogens (tertiary/aromatic N) is 5. The van der Waals surface area contributed by atoms with Gasteiger partial charge in [0.15, 0.2) is 14.9 Å². The fourth-order valence-electron chi connectivity index (χ4n) is 7.30. The number of ether oxygens (including phenoxy) is 4. The molecule has 435 valence electrons. The van der Waals surface area contributed by atoms with Crippen molar-refractivity contribution in [3.63, 3.8) is 0 Å². The van der Waals surface area contributed by atoms with Gasteiger partial charge in [0.25, 0.3) is 0 Å². The SMILES string of the molecule is CC.CCN(CC(=O)NCCCCCCNC=O)C[N+]1(C)CC(=O)OC12OC(=O)CNCN(C)CC(=O)O2.CN1CCCC1.N/C=C(\N)COc1ccc(C(NCc2ccc(F)cc2)P(O)O)cc1.O=CCN([CH2][Pb])[CH2][Pb].[Eu+2]. The molecule has 10 N–H and O–H groups in total. The minimum Gasteiger partial charge on any atom is 2.00 e. The summed E-state index contributed by atoms with van der Waals surface area (Å²) in [6.07, 6.45) is 7.05. The minimum absolute atomic E-state index is 0. The number of carbonyl (C=O) groups excluding carboxylic acids is 6. The molecule has 23 nitrogen and oxygen atoms in total. The van der Waals surface area contributed by atoms with Crippen molar-refractivity contribution < 1.29 is 116 Å². The van der Waals surface area contributed by atoms with E-state index in [-0.39, 0.29) is 107 Å². The van der Waals surface area contributed by atoms with Crippen LogP contribution in [-0.2, 0) is 49.5 Å². The molecular formula is C50H84EuFN11O12PPb2+3. The molecule has 3 saturated heterocycles. The molecule has 28 heteroatoms. The van der Waals surface area contributed by atoms with E-state index < -0.39 is 42.6 Å². The van der Waals surface area contributed by atoms with Crippen LogP contribution >= 0.6 is 8.38 Å². The van der Waals surface area contributed by atoms with Crippen LogP contribution in [0.25, 0.3) is 0 Å². The molecule has 5 rings (SSSR count). The first-order valence-electron chi connectivity index (χ1n) is 25.6. The summed E-state index contributed by atoms with van der Waals surface area (Å²) in [5, 5.41) is 11.4. The second-order valence-electron chi connectivity index (χ2n) is 17.9. The van der Waals surface area contributed by atoms with Gasteiger partial charge in [-0.25, -0.2) is 14.1 Å². The summed E-state index contributed by atoms with van der Waals surface area (Å²) in [5.41, 5.74) is 12.8. The Bertz CT molecular complexity index is 2040. The Morgan fingerprint density at radius 2 is 1.54 bits per heavy atom. The van der Waals surface area contributed by atoms with Crippen molar-refractivity contribution >= 4 is 96.4 Å². The number of halogens is 1. The van der Waals surface area contributed by atoms with Crippen LogP contribution in [-0.4, -0.2) is 243 Å². The smallest absolute Gasteiger partial charge is 2.00 e. The van der Waals surface area contributed by atoms with E-state index in [4.69, 9.17) is 30.4 Å². The zero-order chi connectivity index (χ0) is 57.7. The maximum atomic E-state index is 12.9.